The van der Waals surface area contributed by atoms with E-state index in [2.05, 4.69) is 29.7 Å². The highest BCUT2D eigenvalue weighted by molar-refractivity contribution is 5.89. The van der Waals surface area contributed by atoms with Crippen LogP contribution in [0.2, 0.25) is 0 Å². The Hall–Kier alpha value is -2.29. The smallest absolute Gasteiger partial charge is 0.319 e. The molecule has 0 aliphatic carbocycles. The van der Waals surface area contributed by atoms with Crippen molar-refractivity contribution < 1.29 is 4.79 Å². The predicted molar refractivity (Wildman–Crippen MR) is 92.1 cm³/mol. The summed E-state index contributed by atoms with van der Waals surface area (Å²) in [6.45, 7) is 4.77. The second-order valence-electron chi connectivity index (χ2n) is 5.59. The van der Waals surface area contributed by atoms with Crippen LogP contribution in [0.1, 0.15) is 36.5 Å². The molecule has 2 aromatic rings. The van der Waals surface area contributed by atoms with Gasteiger partial charge in [0.2, 0.25) is 0 Å². The number of rotatable bonds is 6. The van der Waals surface area contributed by atoms with Crippen molar-refractivity contribution in [2.45, 2.75) is 39.7 Å². The Morgan fingerprint density at radius 2 is 1.59 bits per heavy atom. The maximum atomic E-state index is 11.9. The van der Waals surface area contributed by atoms with Crippen LogP contribution in [0.5, 0.6) is 0 Å². The number of anilines is 1. The van der Waals surface area contributed by atoms with Gasteiger partial charge in [0, 0.05) is 12.2 Å². The van der Waals surface area contributed by atoms with E-state index in [0.29, 0.717) is 6.54 Å². The highest BCUT2D eigenvalue weighted by Crippen LogP contribution is 2.11. The van der Waals surface area contributed by atoms with Crippen LogP contribution in [0.3, 0.4) is 0 Å². The van der Waals surface area contributed by atoms with Gasteiger partial charge >= 0.3 is 6.03 Å². The molecule has 0 spiro atoms. The molecular weight excluding hydrogens is 272 g/mol. The van der Waals surface area contributed by atoms with Gasteiger partial charge in [0.1, 0.15) is 0 Å². The summed E-state index contributed by atoms with van der Waals surface area (Å²) >= 11 is 0. The van der Waals surface area contributed by atoms with Crippen molar-refractivity contribution in [2.24, 2.45) is 0 Å². The number of carbonyl (C=O) groups is 1. The summed E-state index contributed by atoms with van der Waals surface area (Å²) in [5.41, 5.74) is 4.45. The zero-order chi connectivity index (χ0) is 15.8. The summed E-state index contributed by atoms with van der Waals surface area (Å²) in [4.78, 5) is 11.9. The molecule has 3 nitrogen and oxygen atoms in total. The molecule has 0 aromatic heterocycles. The van der Waals surface area contributed by atoms with Crippen LogP contribution in [0.15, 0.2) is 48.5 Å². The Labute approximate surface area is 132 Å². The predicted octanol–water partition coefficient (Wildman–Crippen LogP) is 4.66. The fraction of sp³-hybridized carbons (Fsp3) is 0.316. The summed E-state index contributed by atoms with van der Waals surface area (Å²) in [5.74, 6) is 0. The SMILES string of the molecule is CCCCc1ccc(NC(=O)NCc2ccc(C)cc2)cc1. The lowest BCUT2D eigenvalue weighted by Gasteiger charge is -2.09. The first-order chi connectivity index (χ1) is 10.7. The summed E-state index contributed by atoms with van der Waals surface area (Å²) in [6.07, 6.45) is 3.49. The average Bonchev–Trinajstić information content (AvgIpc) is 2.54. The highest BCUT2D eigenvalue weighted by Gasteiger charge is 2.02. The average molecular weight is 296 g/mol. The number of nitrogens with one attached hydrogen (secondary N) is 2. The van der Waals surface area contributed by atoms with Gasteiger partial charge in [-0.1, -0.05) is 55.3 Å². The Kier molecular flexibility index (Phi) is 6.01. The number of benzene rings is 2. The van der Waals surface area contributed by atoms with E-state index < -0.39 is 0 Å². The van der Waals surface area contributed by atoms with E-state index in [1.165, 1.54) is 24.0 Å². The molecule has 0 saturated carbocycles. The maximum absolute atomic E-state index is 11.9. The molecule has 0 fully saturated rings. The zero-order valence-electron chi connectivity index (χ0n) is 13.4. The quantitative estimate of drug-likeness (QED) is 0.799. The summed E-state index contributed by atoms with van der Waals surface area (Å²) in [6, 6.07) is 16.0. The van der Waals surface area contributed by atoms with Crippen molar-refractivity contribution in [2.75, 3.05) is 5.32 Å². The van der Waals surface area contributed by atoms with Gasteiger partial charge in [0.25, 0.3) is 0 Å². The molecule has 0 saturated heterocycles. The van der Waals surface area contributed by atoms with E-state index in [-0.39, 0.29) is 6.03 Å². The minimum Gasteiger partial charge on any atom is -0.334 e. The number of amides is 2. The molecule has 0 aliphatic rings. The lowest BCUT2D eigenvalue weighted by molar-refractivity contribution is 0.251. The molecule has 2 N–H and O–H groups in total. The van der Waals surface area contributed by atoms with Gasteiger partial charge in [-0.2, -0.15) is 0 Å². The van der Waals surface area contributed by atoms with Gasteiger partial charge < -0.3 is 10.6 Å². The molecule has 2 aromatic carbocycles. The van der Waals surface area contributed by atoms with Crippen LogP contribution in [0, 0.1) is 6.92 Å². The monoisotopic (exact) mass is 296 g/mol. The lowest BCUT2D eigenvalue weighted by atomic mass is 10.1. The fourth-order valence-electron chi connectivity index (χ4n) is 2.20. The molecule has 3 heteroatoms. The Morgan fingerprint density at radius 1 is 0.955 bits per heavy atom. The molecule has 116 valence electrons. The number of aryl methyl sites for hydroxylation is 2. The van der Waals surface area contributed by atoms with E-state index in [1.807, 2.05) is 43.3 Å². The minimum atomic E-state index is -0.179. The van der Waals surface area contributed by atoms with Crippen LogP contribution in [-0.4, -0.2) is 6.03 Å². The standard InChI is InChI=1S/C19H24N2O/c1-3-4-5-16-10-12-18(13-11-16)21-19(22)20-14-17-8-6-15(2)7-9-17/h6-13H,3-5,14H2,1-2H3,(H2,20,21,22). The van der Waals surface area contributed by atoms with E-state index >= 15 is 0 Å². The van der Waals surface area contributed by atoms with Crippen molar-refractivity contribution in [3.8, 4) is 0 Å². The Bertz CT molecular complexity index is 588. The van der Waals surface area contributed by atoms with Gasteiger partial charge in [0.15, 0.2) is 0 Å². The number of hydrogen-bond donors (Lipinski definition) is 2. The Balaban J connectivity index is 1.80. The van der Waals surface area contributed by atoms with Crippen molar-refractivity contribution in [3.05, 3.63) is 65.2 Å². The van der Waals surface area contributed by atoms with Gasteiger partial charge in [-0.15, -0.1) is 0 Å². The second-order valence-corrected chi connectivity index (χ2v) is 5.59. The fourth-order valence-corrected chi connectivity index (χ4v) is 2.20. The number of unbranched alkanes of at least 4 members (excludes halogenated alkanes) is 1. The van der Waals surface area contributed by atoms with Gasteiger partial charge in [-0.25, -0.2) is 4.79 Å². The van der Waals surface area contributed by atoms with E-state index in [4.69, 9.17) is 0 Å². The normalized spacial score (nSPS) is 10.3. The summed E-state index contributed by atoms with van der Waals surface area (Å²) in [5, 5.41) is 5.72. The van der Waals surface area contributed by atoms with Crippen LogP contribution < -0.4 is 10.6 Å². The van der Waals surface area contributed by atoms with E-state index in [1.54, 1.807) is 0 Å². The van der Waals surface area contributed by atoms with Crippen LogP contribution in [0.4, 0.5) is 10.5 Å². The Morgan fingerprint density at radius 3 is 2.23 bits per heavy atom. The van der Waals surface area contributed by atoms with Gasteiger partial charge in [-0.3, -0.25) is 0 Å². The maximum Gasteiger partial charge on any atom is 0.319 e. The third-order valence-electron chi connectivity index (χ3n) is 3.60. The van der Waals surface area contributed by atoms with Crippen LogP contribution in [-0.2, 0) is 13.0 Å². The second kappa shape index (κ2) is 8.23. The largest absolute Gasteiger partial charge is 0.334 e. The third kappa shape index (κ3) is 5.24. The molecule has 0 aliphatic heterocycles. The molecule has 0 heterocycles. The number of carbonyl (C=O) groups excluding carboxylic acids is 1. The zero-order valence-corrected chi connectivity index (χ0v) is 13.4. The lowest BCUT2D eigenvalue weighted by Crippen LogP contribution is -2.28. The first-order valence-electron chi connectivity index (χ1n) is 7.86. The molecule has 22 heavy (non-hydrogen) atoms. The molecule has 2 rings (SSSR count). The van der Waals surface area contributed by atoms with E-state index in [0.717, 1.165) is 17.7 Å². The molecule has 0 radical (unpaired) electrons. The van der Waals surface area contributed by atoms with Gasteiger partial charge in [0.05, 0.1) is 0 Å². The van der Waals surface area contributed by atoms with E-state index in [9.17, 15) is 4.79 Å². The number of urea groups is 1. The number of hydrogen-bond acceptors (Lipinski definition) is 1. The molecule has 0 unspecified atom stereocenters. The molecule has 0 atom stereocenters. The third-order valence-corrected chi connectivity index (χ3v) is 3.60. The molecule has 2 amide bonds. The minimum absolute atomic E-state index is 0.179. The van der Waals surface area contributed by atoms with Crippen molar-refractivity contribution >= 4 is 11.7 Å². The van der Waals surface area contributed by atoms with Crippen molar-refractivity contribution in [3.63, 3.8) is 0 Å². The van der Waals surface area contributed by atoms with Crippen LogP contribution in [0.25, 0.3) is 0 Å². The van der Waals surface area contributed by atoms with Gasteiger partial charge in [-0.05, 0) is 43.0 Å². The molecule has 0 bridgehead atoms. The summed E-state index contributed by atoms with van der Waals surface area (Å²) in [7, 11) is 0. The van der Waals surface area contributed by atoms with Crippen LogP contribution >= 0.6 is 0 Å². The summed E-state index contributed by atoms with van der Waals surface area (Å²) < 4.78 is 0. The van der Waals surface area contributed by atoms with Crippen molar-refractivity contribution in [1.29, 1.82) is 0 Å². The highest BCUT2D eigenvalue weighted by atomic mass is 16.2. The van der Waals surface area contributed by atoms with Crippen molar-refractivity contribution in [1.82, 2.24) is 5.32 Å². The first kappa shape index (κ1) is 16.1. The topological polar surface area (TPSA) is 41.1 Å². The molecular formula is C19H24N2O. The first-order valence-corrected chi connectivity index (χ1v) is 7.86.